The van der Waals surface area contributed by atoms with Crippen molar-refractivity contribution in [3.05, 3.63) is 35.9 Å². The molecular formula is C31H47F3N8O7. The number of amides is 5. The van der Waals surface area contributed by atoms with Crippen molar-refractivity contribution in [2.75, 3.05) is 13.1 Å². The minimum Gasteiger partial charge on any atom is -0.475 e. The van der Waals surface area contributed by atoms with Gasteiger partial charge in [-0.15, -0.1) is 0 Å². The molecule has 2 rings (SSSR count). The van der Waals surface area contributed by atoms with Gasteiger partial charge in [-0.2, -0.15) is 13.2 Å². The number of rotatable bonds is 8. The lowest BCUT2D eigenvalue weighted by Gasteiger charge is -2.33. The van der Waals surface area contributed by atoms with Crippen molar-refractivity contribution in [1.29, 1.82) is 0 Å². The maximum absolute atomic E-state index is 13.6. The molecule has 5 amide bonds. The van der Waals surface area contributed by atoms with Gasteiger partial charge in [0, 0.05) is 19.0 Å². The Morgan fingerprint density at radius 2 is 1.59 bits per heavy atom. The van der Waals surface area contributed by atoms with Crippen LogP contribution in [0.2, 0.25) is 0 Å². The number of nitrogens with two attached hydrogens (primary N) is 2. The molecule has 0 radical (unpaired) electrons. The Bertz CT molecular complexity index is 1320. The topological polar surface area (TPSA) is 247 Å². The van der Waals surface area contributed by atoms with Gasteiger partial charge in [0.25, 0.3) is 0 Å². The number of benzene rings is 1. The smallest absolute Gasteiger partial charge is 0.475 e. The summed E-state index contributed by atoms with van der Waals surface area (Å²) in [5, 5.41) is 21.1. The molecule has 0 bridgehead atoms. The van der Waals surface area contributed by atoms with E-state index in [2.05, 4.69) is 31.6 Å². The molecule has 49 heavy (non-hydrogen) atoms. The molecule has 0 unspecified atom stereocenters. The van der Waals surface area contributed by atoms with E-state index >= 15 is 0 Å². The van der Waals surface area contributed by atoms with Crippen LogP contribution in [0.4, 0.5) is 13.2 Å². The predicted octanol–water partition coefficient (Wildman–Crippen LogP) is 0.741. The minimum atomic E-state index is -5.08. The molecule has 1 aromatic carbocycles. The van der Waals surface area contributed by atoms with Crippen LogP contribution in [0.1, 0.15) is 77.8 Å². The summed E-state index contributed by atoms with van der Waals surface area (Å²) < 4.78 is 31.7. The van der Waals surface area contributed by atoms with Crippen molar-refractivity contribution in [2.24, 2.45) is 22.4 Å². The number of guanidine groups is 1. The fraction of sp³-hybridized carbons (Fsp3) is 0.581. The number of hydrogen-bond acceptors (Lipinski definition) is 7. The first-order chi connectivity index (χ1) is 22.8. The summed E-state index contributed by atoms with van der Waals surface area (Å²) in [6.45, 7) is 7.32. The van der Waals surface area contributed by atoms with E-state index in [1.807, 2.05) is 6.07 Å². The van der Waals surface area contributed by atoms with Crippen molar-refractivity contribution < 1.29 is 47.0 Å². The Kier molecular flexibility index (Phi) is 17.0. The Hall–Kier alpha value is -4.90. The van der Waals surface area contributed by atoms with Gasteiger partial charge in [-0.1, -0.05) is 51.1 Å². The van der Waals surface area contributed by atoms with E-state index < -0.39 is 59.4 Å². The fourth-order valence-corrected chi connectivity index (χ4v) is 4.47. The summed E-state index contributed by atoms with van der Waals surface area (Å²) in [6.07, 6.45) is -3.03. The third kappa shape index (κ3) is 14.8. The van der Waals surface area contributed by atoms with Crippen LogP contribution >= 0.6 is 0 Å². The molecule has 4 atom stereocenters. The third-order valence-electron chi connectivity index (χ3n) is 7.36. The van der Waals surface area contributed by atoms with Gasteiger partial charge in [0.1, 0.15) is 23.7 Å². The average Bonchev–Trinajstić information content (AvgIpc) is 3.02. The molecule has 1 heterocycles. The van der Waals surface area contributed by atoms with Crippen LogP contribution in [0.15, 0.2) is 35.3 Å². The standard InChI is InChI=1S/C29H46N8O5.C2HF3O2/c1-5-20-24(39)36-22(19-12-7-6-8-13-19)26(41)32-16-10-9-15-29(4,37-23(38)18(2)3)27(42)35-21(25(40)34-20)14-11-17-33-28(30)31;3-2(4,5)1(6)7/h6-8,12-13,18,20-22H,5,9-11,14-17H2,1-4H3,(H,32,41)(H,34,40)(H,35,42)(H,36,39)(H,37,38)(H4,30,31,33);(H,6,7)/t20-,21-,22+,29+;/m0./s1. The third-order valence-corrected chi connectivity index (χ3v) is 7.36. The second kappa shape index (κ2) is 19.8. The van der Waals surface area contributed by atoms with Crippen molar-refractivity contribution in [3.8, 4) is 0 Å². The molecule has 0 spiro atoms. The average molecular weight is 701 g/mol. The Morgan fingerprint density at radius 3 is 2.12 bits per heavy atom. The molecule has 18 heteroatoms. The SMILES string of the molecule is CC[C@@H]1NC(=O)[C@H](CCCN=C(N)N)NC(=O)[C@](C)(NC(=O)C(C)C)CCCCNC(=O)[C@@H](c2ccccc2)NC1=O.O=C(O)C(F)(F)F. The first-order valence-electron chi connectivity index (χ1n) is 15.7. The van der Waals surface area contributed by atoms with Gasteiger partial charge in [0.05, 0.1) is 0 Å². The number of nitrogens with zero attached hydrogens (tertiary/aromatic N) is 1. The number of alkyl halides is 3. The maximum atomic E-state index is 13.6. The minimum absolute atomic E-state index is 0.0924. The summed E-state index contributed by atoms with van der Waals surface area (Å²) in [6, 6.07) is 5.86. The van der Waals surface area contributed by atoms with Gasteiger partial charge in [0.2, 0.25) is 29.5 Å². The van der Waals surface area contributed by atoms with Crippen LogP contribution in [0, 0.1) is 5.92 Å². The number of aliphatic carboxylic acids is 1. The van der Waals surface area contributed by atoms with Crippen molar-refractivity contribution >= 4 is 41.5 Å². The van der Waals surface area contributed by atoms with Crippen LogP contribution in [0.5, 0.6) is 0 Å². The zero-order chi connectivity index (χ0) is 37.4. The Balaban J connectivity index is 0.00000154. The molecule has 0 aromatic heterocycles. The van der Waals surface area contributed by atoms with Gasteiger partial charge >= 0.3 is 12.1 Å². The summed E-state index contributed by atoms with van der Waals surface area (Å²) >= 11 is 0. The molecule has 10 N–H and O–H groups in total. The molecule has 0 aliphatic carbocycles. The summed E-state index contributed by atoms with van der Waals surface area (Å²) in [5.41, 5.74) is 10.1. The van der Waals surface area contributed by atoms with Crippen LogP contribution in [0.3, 0.4) is 0 Å². The van der Waals surface area contributed by atoms with Gasteiger partial charge in [0.15, 0.2) is 5.96 Å². The molecule has 1 saturated heterocycles. The highest BCUT2D eigenvalue weighted by atomic mass is 19.4. The molecule has 1 fully saturated rings. The highest BCUT2D eigenvalue weighted by Gasteiger charge is 2.39. The molecule has 1 aromatic rings. The van der Waals surface area contributed by atoms with Crippen LogP contribution in [-0.4, -0.2) is 83.5 Å². The van der Waals surface area contributed by atoms with Crippen LogP contribution in [0.25, 0.3) is 0 Å². The fourth-order valence-electron chi connectivity index (χ4n) is 4.47. The van der Waals surface area contributed by atoms with Gasteiger partial charge in [-0.3, -0.25) is 29.0 Å². The second-order valence-electron chi connectivity index (χ2n) is 11.8. The lowest BCUT2D eigenvalue weighted by molar-refractivity contribution is -0.192. The van der Waals surface area contributed by atoms with E-state index in [4.69, 9.17) is 21.4 Å². The number of carboxylic acid groups (broad SMARTS) is 1. The van der Waals surface area contributed by atoms with E-state index in [0.717, 1.165) is 0 Å². The van der Waals surface area contributed by atoms with E-state index in [-0.39, 0.29) is 43.6 Å². The highest BCUT2D eigenvalue weighted by molar-refractivity contribution is 5.97. The number of carbonyl (C=O) groups excluding carboxylic acids is 5. The maximum Gasteiger partial charge on any atom is 0.490 e. The molecule has 274 valence electrons. The summed E-state index contributed by atoms with van der Waals surface area (Å²) in [7, 11) is 0. The molecule has 1 aliphatic heterocycles. The molecular weight excluding hydrogens is 653 g/mol. The van der Waals surface area contributed by atoms with E-state index in [1.165, 1.54) is 0 Å². The first kappa shape index (κ1) is 42.1. The van der Waals surface area contributed by atoms with E-state index in [1.54, 1.807) is 52.0 Å². The normalized spacial score (nSPS) is 22.7. The van der Waals surface area contributed by atoms with Crippen molar-refractivity contribution in [1.82, 2.24) is 26.6 Å². The number of carboxylic acids is 1. The zero-order valence-corrected chi connectivity index (χ0v) is 28.0. The predicted molar refractivity (Wildman–Crippen MR) is 173 cm³/mol. The number of carbonyl (C=O) groups is 6. The largest absolute Gasteiger partial charge is 0.490 e. The Morgan fingerprint density at radius 1 is 1.00 bits per heavy atom. The summed E-state index contributed by atoms with van der Waals surface area (Å²) in [5.74, 6) is -5.57. The summed E-state index contributed by atoms with van der Waals surface area (Å²) in [4.78, 5) is 79.1. The van der Waals surface area contributed by atoms with Gasteiger partial charge < -0.3 is 43.2 Å². The zero-order valence-electron chi connectivity index (χ0n) is 28.0. The van der Waals surface area contributed by atoms with Crippen molar-refractivity contribution in [2.45, 2.75) is 96.1 Å². The monoisotopic (exact) mass is 700 g/mol. The molecule has 1 aliphatic rings. The number of halogens is 3. The quantitative estimate of drug-likeness (QED) is 0.108. The molecule has 15 nitrogen and oxygen atoms in total. The lowest BCUT2D eigenvalue weighted by atomic mass is 9.91. The van der Waals surface area contributed by atoms with E-state index in [0.29, 0.717) is 31.4 Å². The van der Waals surface area contributed by atoms with Crippen LogP contribution in [-0.2, 0) is 28.8 Å². The number of aliphatic imine (C=N–C) groups is 1. The number of hydrogen-bond donors (Lipinski definition) is 8. The second-order valence-corrected chi connectivity index (χ2v) is 11.8. The lowest BCUT2D eigenvalue weighted by Crippen LogP contribution is -2.62. The van der Waals surface area contributed by atoms with Crippen LogP contribution < -0.4 is 38.1 Å². The molecule has 0 saturated carbocycles. The first-order valence-corrected chi connectivity index (χ1v) is 15.7. The van der Waals surface area contributed by atoms with E-state index in [9.17, 15) is 37.1 Å². The van der Waals surface area contributed by atoms with Gasteiger partial charge in [-0.25, -0.2) is 4.79 Å². The van der Waals surface area contributed by atoms with Crippen molar-refractivity contribution in [3.63, 3.8) is 0 Å². The highest BCUT2D eigenvalue weighted by Crippen LogP contribution is 2.18. The van der Waals surface area contributed by atoms with Gasteiger partial charge in [-0.05, 0) is 51.0 Å². The Labute approximate surface area is 282 Å². The number of nitrogens with one attached hydrogen (secondary N) is 5.